The van der Waals surface area contributed by atoms with Gasteiger partial charge in [0.25, 0.3) is 5.91 Å². The minimum absolute atomic E-state index is 0.0475. The highest BCUT2D eigenvalue weighted by Gasteiger charge is 2.29. The van der Waals surface area contributed by atoms with Gasteiger partial charge in [0.2, 0.25) is 5.91 Å². The molecule has 0 spiro atoms. The summed E-state index contributed by atoms with van der Waals surface area (Å²) in [7, 11) is 0. The monoisotopic (exact) mass is 628 g/mol. The van der Waals surface area contributed by atoms with Crippen molar-refractivity contribution < 1.29 is 29.0 Å². The fourth-order valence-corrected chi connectivity index (χ4v) is 7.54. The van der Waals surface area contributed by atoms with Crippen molar-refractivity contribution in [1.29, 1.82) is 0 Å². The number of aromatic carboxylic acids is 1. The Balaban J connectivity index is 1.41. The van der Waals surface area contributed by atoms with Crippen molar-refractivity contribution in [3.63, 3.8) is 0 Å². The highest BCUT2D eigenvalue weighted by atomic mass is 32.2. The van der Waals surface area contributed by atoms with Crippen molar-refractivity contribution in [2.75, 3.05) is 17.2 Å². The molecule has 4 aromatic rings. The molecule has 44 heavy (non-hydrogen) atoms. The fraction of sp³-hybridized carbons (Fsp3) is 0.235. The Morgan fingerprint density at radius 2 is 1.61 bits per heavy atom. The number of carboxylic acid groups (broad SMARTS) is 1. The van der Waals surface area contributed by atoms with Gasteiger partial charge in [-0.2, -0.15) is 0 Å². The van der Waals surface area contributed by atoms with Gasteiger partial charge in [-0.15, -0.1) is 23.1 Å². The number of esters is 1. The van der Waals surface area contributed by atoms with Crippen molar-refractivity contribution in [3.05, 3.63) is 112 Å². The molecule has 1 aromatic heterocycles. The van der Waals surface area contributed by atoms with E-state index in [4.69, 9.17) is 4.74 Å². The number of hydrogen-bond donors (Lipinski definition) is 3. The van der Waals surface area contributed by atoms with Crippen LogP contribution in [0.1, 0.15) is 78.5 Å². The molecule has 2 amide bonds. The normalized spacial score (nSPS) is 13.2. The first-order chi connectivity index (χ1) is 21.4. The molecule has 3 aromatic carbocycles. The topological polar surface area (TPSA) is 122 Å². The smallest absolute Gasteiger partial charge is 0.341 e. The molecule has 0 aliphatic heterocycles. The zero-order valence-corrected chi connectivity index (χ0v) is 25.8. The lowest BCUT2D eigenvalue weighted by molar-refractivity contribution is -0.115. The number of thioether (sulfide) groups is 1. The number of benzene rings is 3. The number of fused-ring (bicyclic) bond motifs is 1. The summed E-state index contributed by atoms with van der Waals surface area (Å²) in [6, 6.07) is 22.4. The van der Waals surface area contributed by atoms with E-state index in [0.29, 0.717) is 21.1 Å². The molecule has 1 aliphatic carbocycles. The summed E-state index contributed by atoms with van der Waals surface area (Å²) in [6.07, 6.45) is 4.78. The Bertz CT molecular complexity index is 1680. The van der Waals surface area contributed by atoms with Crippen LogP contribution in [-0.2, 0) is 22.4 Å². The first kappa shape index (κ1) is 31.0. The van der Waals surface area contributed by atoms with Crippen LogP contribution in [0.2, 0.25) is 0 Å². The lowest BCUT2D eigenvalue weighted by Gasteiger charge is -2.18. The number of carbonyl (C=O) groups is 4. The summed E-state index contributed by atoms with van der Waals surface area (Å²) in [5, 5.41) is 15.2. The molecule has 0 saturated heterocycles. The number of nitrogens with one attached hydrogen (secondary N) is 2. The zero-order valence-electron chi connectivity index (χ0n) is 24.1. The lowest BCUT2D eigenvalue weighted by Crippen LogP contribution is -2.20. The molecule has 1 atom stereocenters. The first-order valence-corrected chi connectivity index (χ1v) is 16.1. The van der Waals surface area contributed by atoms with Crippen molar-refractivity contribution in [3.8, 4) is 0 Å². The minimum atomic E-state index is -1.19. The molecule has 1 heterocycles. The Kier molecular flexibility index (Phi) is 10.1. The van der Waals surface area contributed by atoms with Gasteiger partial charge in [-0.1, -0.05) is 55.0 Å². The molecule has 0 bridgehead atoms. The molecule has 0 fully saturated rings. The quantitative estimate of drug-likeness (QED) is 0.0938. The van der Waals surface area contributed by atoms with Crippen LogP contribution >= 0.6 is 23.1 Å². The molecule has 5 rings (SSSR count). The molecule has 0 saturated carbocycles. The van der Waals surface area contributed by atoms with Crippen LogP contribution in [-0.4, -0.2) is 35.5 Å². The van der Waals surface area contributed by atoms with Gasteiger partial charge in [-0.25, -0.2) is 9.59 Å². The molecule has 1 aliphatic rings. The maximum absolute atomic E-state index is 14.0. The van der Waals surface area contributed by atoms with E-state index >= 15 is 0 Å². The highest BCUT2D eigenvalue weighted by Crippen LogP contribution is 2.41. The van der Waals surface area contributed by atoms with Crippen molar-refractivity contribution in [2.24, 2.45) is 0 Å². The van der Waals surface area contributed by atoms with E-state index in [0.717, 1.165) is 48.1 Å². The zero-order chi connectivity index (χ0) is 31.1. The molecule has 3 N–H and O–H groups in total. The summed E-state index contributed by atoms with van der Waals surface area (Å²) < 4.78 is 5.40. The lowest BCUT2D eigenvalue weighted by atomic mass is 10.1. The highest BCUT2D eigenvalue weighted by molar-refractivity contribution is 8.00. The van der Waals surface area contributed by atoms with Crippen LogP contribution in [0.3, 0.4) is 0 Å². The largest absolute Gasteiger partial charge is 0.478 e. The number of anilines is 2. The van der Waals surface area contributed by atoms with Gasteiger partial charge in [0, 0.05) is 15.5 Å². The van der Waals surface area contributed by atoms with E-state index in [9.17, 15) is 24.3 Å². The summed E-state index contributed by atoms with van der Waals surface area (Å²) in [5.74, 6) is -2.44. The number of rotatable bonds is 10. The fourth-order valence-electron chi connectivity index (χ4n) is 5.18. The molecule has 1 unspecified atom stereocenters. The van der Waals surface area contributed by atoms with Crippen LogP contribution in [0, 0.1) is 0 Å². The Hall–Kier alpha value is -4.41. The van der Waals surface area contributed by atoms with E-state index in [2.05, 4.69) is 10.6 Å². The van der Waals surface area contributed by atoms with Gasteiger partial charge in [0.05, 0.1) is 23.3 Å². The molecule has 10 heteroatoms. The third kappa shape index (κ3) is 7.20. The SMILES string of the molecule is CCOC(=O)c1c(NC(=O)C(Sc2cccc(NC(=O)c3ccccc3C(=O)O)c2)c2ccccc2)sc2c1CCCCC2. The number of aryl methyl sites for hydroxylation is 1. The van der Waals surface area contributed by atoms with E-state index in [1.54, 1.807) is 37.3 Å². The second-order valence-corrected chi connectivity index (χ2v) is 12.5. The Morgan fingerprint density at radius 3 is 2.36 bits per heavy atom. The third-order valence-electron chi connectivity index (χ3n) is 7.23. The number of carboxylic acids is 1. The Morgan fingerprint density at radius 1 is 0.886 bits per heavy atom. The maximum atomic E-state index is 14.0. The van der Waals surface area contributed by atoms with Gasteiger partial charge < -0.3 is 20.5 Å². The van der Waals surface area contributed by atoms with E-state index in [1.807, 2.05) is 36.4 Å². The molecular formula is C34H32N2O6S2. The van der Waals surface area contributed by atoms with E-state index < -0.39 is 23.1 Å². The average Bonchev–Trinajstić information content (AvgIpc) is 3.20. The third-order valence-corrected chi connectivity index (χ3v) is 9.68. The van der Waals surface area contributed by atoms with Gasteiger partial charge in [0.1, 0.15) is 10.3 Å². The van der Waals surface area contributed by atoms with E-state index in [1.165, 1.54) is 35.2 Å². The number of carbonyl (C=O) groups excluding carboxylic acids is 3. The van der Waals surface area contributed by atoms with E-state index in [-0.39, 0.29) is 23.6 Å². The second-order valence-electron chi connectivity index (χ2n) is 10.2. The van der Waals surface area contributed by atoms with Crippen molar-refractivity contribution in [2.45, 2.75) is 49.2 Å². The number of ether oxygens (including phenoxy) is 1. The van der Waals surface area contributed by atoms with Crippen LogP contribution in [0.4, 0.5) is 10.7 Å². The molecular weight excluding hydrogens is 597 g/mol. The van der Waals surface area contributed by atoms with Gasteiger partial charge in [-0.3, -0.25) is 9.59 Å². The van der Waals surface area contributed by atoms with Crippen LogP contribution in [0.15, 0.2) is 83.8 Å². The molecule has 0 radical (unpaired) electrons. The van der Waals surface area contributed by atoms with Gasteiger partial charge in [0.15, 0.2) is 0 Å². The summed E-state index contributed by atoms with van der Waals surface area (Å²) in [5.41, 5.74) is 2.63. The van der Waals surface area contributed by atoms with Crippen LogP contribution in [0.25, 0.3) is 0 Å². The number of thiophene rings is 1. The summed E-state index contributed by atoms with van der Waals surface area (Å²) >= 11 is 2.76. The van der Waals surface area contributed by atoms with Gasteiger partial charge >= 0.3 is 11.9 Å². The van der Waals surface area contributed by atoms with Crippen LogP contribution in [0.5, 0.6) is 0 Å². The predicted molar refractivity (Wildman–Crippen MR) is 173 cm³/mol. The first-order valence-electron chi connectivity index (χ1n) is 14.4. The average molecular weight is 629 g/mol. The summed E-state index contributed by atoms with van der Waals surface area (Å²) in [4.78, 5) is 53.4. The second kappa shape index (κ2) is 14.4. The molecule has 226 valence electrons. The number of amides is 2. The standard InChI is InChI=1S/C34H32N2O6S2/c1-2-42-34(41)28-26-18-7-4-8-19-27(26)44-32(28)36-31(38)29(21-12-5-3-6-13-21)43-23-15-11-14-22(20-23)35-30(37)24-16-9-10-17-25(24)33(39)40/h3,5-6,9-17,20,29H,2,4,7-8,18-19H2,1H3,(H,35,37)(H,36,38)(H,39,40). The maximum Gasteiger partial charge on any atom is 0.341 e. The predicted octanol–water partition coefficient (Wildman–Crippen LogP) is 7.62. The number of hydrogen-bond acceptors (Lipinski definition) is 7. The minimum Gasteiger partial charge on any atom is -0.478 e. The van der Waals surface area contributed by atoms with Crippen LogP contribution < -0.4 is 10.6 Å². The van der Waals surface area contributed by atoms with Crippen molar-refractivity contribution >= 4 is 57.5 Å². The summed E-state index contributed by atoms with van der Waals surface area (Å²) in [6.45, 7) is 2.01. The molecule has 8 nitrogen and oxygen atoms in total. The Labute approximate surface area is 263 Å². The van der Waals surface area contributed by atoms with Gasteiger partial charge in [-0.05, 0) is 74.1 Å². The van der Waals surface area contributed by atoms with Crippen molar-refractivity contribution in [1.82, 2.24) is 0 Å².